The summed E-state index contributed by atoms with van der Waals surface area (Å²) in [7, 11) is 1.87. The summed E-state index contributed by atoms with van der Waals surface area (Å²) < 4.78 is 4.55. The van der Waals surface area contributed by atoms with Crippen LogP contribution in [0.2, 0.25) is 0 Å². The van der Waals surface area contributed by atoms with Gasteiger partial charge in [-0.2, -0.15) is 5.10 Å². The van der Waals surface area contributed by atoms with Gasteiger partial charge in [0.2, 0.25) is 0 Å². The molecular weight excluding hydrogens is 318 g/mol. The predicted octanol–water partition coefficient (Wildman–Crippen LogP) is 2.66. The van der Waals surface area contributed by atoms with E-state index in [-0.39, 0.29) is 0 Å². The van der Waals surface area contributed by atoms with Gasteiger partial charge in [0.05, 0.1) is 17.8 Å². The van der Waals surface area contributed by atoms with Crippen LogP contribution in [0.5, 0.6) is 0 Å². The van der Waals surface area contributed by atoms with Gasteiger partial charge in [-0.3, -0.25) is 9.25 Å². The quantitative estimate of drug-likeness (QED) is 0.680. The fourth-order valence-electron chi connectivity index (χ4n) is 1.87. The number of aryl methyl sites for hydroxylation is 1. The first-order chi connectivity index (χ1) is 8.69. The Labute approximate surface area is 117 Å². The van der Waals surface area contributed by atoms with E-state index >= 15 is 0 Å². The molecule has 5 nitrogen and oxygen atoms in total. The first kappa shape index (κ1) is 11.7. The van der Waals surface area contributed by atoms with Crippen molar-refractivity contribution in [3.05, 3.63) is 35.0 Å². The highest BCUT2D eigenvalue weighted by Crippen LogP contribution is 2.22. The number of fused-ring (bicyclic) bond motifs is 1. The van der Waals surface area contributed by atoms with E-state index in [0.29, 0.717) is 5.88 Å². The summed E-state index contributed by atoms with van der Waals surface area (Å²) in [4.78, 5) is 8.87. The Morgan fingerprint density at radius 3 is 2.89 bits per heavy atom. The van der Waals surface area contributed by atoms with Crippen molar-refractivity contribution in [2.24, 2.45) is 7.05 Å². The average molecular weight is 327 g/mol. The molecule has 0 atom stereocenters. The molecule has 0 radical (unpaired) electrons. The zero-order valence-corrected chi connectivity index (χ0v) is 11.9. The van der Waals surface area contributed by atoms with Crippen molar-refractivity contribution < 1.29 is 0 Å². The highest BCUT2D eigenvalue weighted by Gasteiger charge is 2.14. The monoisotopic (exact) mass is 325 g/mol. The maximum atomic E-state index is 5.95. The Kier molecular flexibility index (Phi) is 2.83. The van der Waals surface area contributed by atoms with Gasteiger partial charge < -0.3 is 0 Å². The molecule has 0 bridgehead atoms. The van der Waals surface area contributed by atoms with Crippen LogP contribution in [0.25, 0.3) is 16.9 Å². The third-order valence-corrected chi connectivity index (χ3v) is 3.27. The van der Waals surface area contributed by atoms with Crippen molar-refractivity contribution in [1.82, 2.24) is 24.3 Å². The molecule has 3 rings (SSSR count). The minimum absolute atomic E-state index is 0.322. The van der Waals surface area contributed by atoms with Gasteiger partial charge in [0, 0.05) is 23.9 Å². The van der Waals surface area contributed by atoms with Crippen LogP contribution < -0.4 is 0 Å². The molecule has 0 aliphatic carbocycles. The first-order valence-electron chi connectivity index (χ1n) is 5.27. The molecule has 0 aliphatic rings. The molecule has 0 spiro atoms. The van der Waals surface area contributed by atoms with Crippen molar-refractivity contribution in [1.29, 1.82) is 0 Å². The van der Waals surface area contributed by atoms with Gasteiger partial charge in [0.15, 0.2) is 5.65 Å². The number of imidazole rings is 1. The second kappa shape index (κ2) is 4.37. The van der Waals surface area contributed by atoms with Gasteiger partial charge >= 0.3 is 0 Å². The predicted molar refractivity (Wildman–Crippen MR) is 72.9 cm³/mol. The Morgan fingerprint density at radius 2 is 2.22 bits per heavy atom. The second-order valence-electron chi connectivity index (χ2n) is 3.87. The van der Waals surface area contributed by atoms with Crippen molar-refractivity contribution in [2.45, 2.75) is 5.88 Å². The van der Waals surface area contributed by atoms with Crippen LogP contribution in [0.15, 0.2) is 29.1 Å². The van der Waals surface area contributed by atoms with E-state index in [2.05, 4.69) is 31.0 Å². The third-order valence-electron chi connectivity index (χ3n) is 2.60. The third kappa shape index (κ3) is 1.81. The molecule has 0 unspecified atom stereocenters. The summed E-state index contributed by atoms with van der Waals surface area (Å²) in [6, 6.07) is 1.92. The highest BCUT2D eigenvalue weighted by atomic mass is 79.9. The molecule has 3 aromatic rings. The van der Waals surface area contributed by atoms with E-state index in [9.17, 15) is 0 Å². The molecule has 18 heavy (non-hydrogen) atoms. The van der Waals surface area contributed by atoms with E-state index in [1.165, 1.54) is 0 Å². The minimum Gasteiger partial charge on any atom is -0.276 e. The molecule has 0 aromatic carbocycles. The normalized spacial score (nSPS) is 11.3. The number of pyridine rings is 1. The number of hydrogen-bond acceptors (Lipinski definition) is 3. The summed E-state index contributed by atoms with van der Waals surface area (Å²) in [6.07, 6.45) is 5.41. The molecule has 0 fully saturated rings. The van der Waals surface area contributed by atoms with Crippen LogP contribution in [0.1, 0.15) is 5.82 Å². The average Bonchev–Trinajstić information content (AvgIpc) is 2.91. The van der Waals surface area contributed by atoms with Gasteiger partial charge in [-0.05, 0) is 22.0 Å². The van der Waals surface area contributed by atoms with Crippen LogP contribution in [0.4, 0.5) is 0 Å². The lowest BCUT2D eigenvalue weighted by Crippen LogP contribution is -1.99. The van der Waals surface area contributed by atoms with Gasteiger partial charge in [0.1, 0.15) is 11.3 Å². The number of aromatic nitrogens is 5. The molecule has 3 heterocycles. The summed E-state index contributed by atoms with van der Waals surface area (Å²) in [5.41, 5.74) is 2.50. The van der Waals surface area contributed by atoms with Gasteiger partial charge in [-0.1, -0.05) is 0 Å². The second-order valence-corrected chi connectivity index (χ2v) is 5.05. The topological polar surface area (TPSA) is 48.5 Å². The van der Waals surface area contributed by atoms with Crippen LogP contribution in [-0.4, -0.2) is 24.3 Å². The first-order valence-corrected chi connectivity index (χ1v) is 6.59. The fraction of sp³-hybridized carbons (Fsp3) is 0.182. The Balaban J connectivity index is 2.32. The molecule has 7 heteroatoms. The van der Waals surface area contributed by atoms with Gasteiger partial charge in [-0.25, -0.2) is 9.97 Å². The SMILES string of the molecule is Cn1cc(-n2c(CCl)nc3cc(Br)cnc32)cn1. The lowest BCUT2D eigenvalue weighted by molar-refractivity contribution is 0.767. The summed E-state index contributed by atoms with van der Waals surface area (Å²) in [6.45, 7) is 0. The molecular formula is C11H9BrClN5. The highest BCUT2D eigenvalue weighted by molar-refractivity contribution is 9.10. The van der Waals surface area contributed by atoms with E-state index in [4.69, 9.17) is 11.6 Å². The zero-order valence-electron chi connectivity index (χ0n) is 9.51. The van der Waals surface area contributed by atoms with Crippen LogP contribution >= 0.6 is 27.5 Å². The molecule has 0 N–H and O–H groups in total. The van der Waals surface area contributed by atoms with Crippen molar-refractivity contribution in [2.75, 3.05) is 0 Å². The number of nitrogens with zero attached hydrogens (tertiary/aromatic N) is 5. The van der Waals surface area contributed by atoms with Gasteiger partial charge in [-0.15, -0.1) is 11.6 Å². The van der Waals surface area contributed by atoms with E-state index in [1.807, 2.05) is 23.9 Å². The van der Waals surface area contributed by atoms with E-state index in [1.54, 1.807) is 17.1 Å². The largest absolute Gasteiger partial charge is 0.276 e. The smallest absolute Gasteiger partial charge is 0.164 e. The Bertz CT molecular complexity index is 717. The number of rotatable bonds is 2. The summed E-state index contributed by atoms with van der Waals surface area (Å²) in [5, 5.41) is 4.16. The molecule has 0 amide bonds. The van der Waals surface area contributed by atoms with Gasteiger partial charge in [0.25, 0.3) is 0 Å². The number of hydrogen-bond donors (Lipinski definition) is 0. The van der Waals surface area contributed by atoms with Crippen LogP contribution in [0, 0.1) is 0 Å². The molecule has 0 saturated heterocycles. The van der Waals surface area contributed by atoms with Crippen molar-refractivity contribution >= 4 is 38.7 Å². The van der Waals surface area contributed by atoms with Crippen molar-refractivity contribution in [3.8, 4) is 5.69 Å². The standard InChI is InChI=1S/C11H9BrClN5/c1-17-6-8(5-15-17)18-10(3-13)16-9-2-7(12)4-14-11(9)18/h2,4-6H,3H2,1H3. The molecule has 0 aliphatic heterocycles. The molecule has 92 valence electrons. The fourth-order valence-corrected chi connectivity index (χ4v) is 2.37. The Hall–Kier alpha value is -1.40. The summed E-state index contributed by atoms with van der Waals surface area (Å²) in [5.74, 6) is 1.08. The van der Waals surface area contributed by atoms with Crippen molar-refractivity contribution in [3.63, 3.8) is 0 Å². The number of halogens is 2. The lowest BCUT2D eigenvalue weighted by atomic mass is 10.4. The zero-order chi connectivity index (χ0) is 12.7. The maximum Gasteiger partial charge on any atom is 0.164 e. The van der Waals surface area contributed by atoms with Crippen LogP contribution in [0.3, 0.4) is 0 Å². The number of alkyl halides is 1. The maximum absolute atomic E-state index is 5.95. The molecule has 3 aromatic heterocycles. The summed E-state index contributed by atoms with van der Waals surface area (Å²) >= 11 is 9.34. The van der Waals surface area contributed by atoms with E-state index < -0.39 is 0 Å². The minimum atomic E-state index is 0.322. The molecule has 0 saturated carbocycles. The van der Waals surface area contributed by atoms with E-state index in [0.717, 1.165) is 27.1 Å². The van der Waals surface area contributed by atoms with Crippen LogP contribution in [-0.2, 0) is 12.9 Å². The lowest BCUT2D eigenvalue weighted by Gasteiger charge is -2.02. The Morgan fingerprint density at radius 1 is 1.39 bits per heavy atom.